The second kappa shape index (κ2) is 7.62. The second-order valence-electron chi connectivity index (χ2n) is 5.05. The molecule has 1 heterocycles. The lowest BCUT2D eigenvalue weighted by Gasteiger charge is -2.15. The maximum absolute atomic E-state index is 4.07. The van der Waals surface area contributed by atoms with E-state index in [1.807, 2.05) is 30.3 Å². The predicted octanol–water partition coefficient (Wildman–Crippen LogP) is 3.29. The maximum atomic E-state index is 4.07. The zero-order valence-electron chi connectivity index (χ0n) is 12.3. The highest BCUT2D eigenvalue weighted by molar-refractivity contribution is 5.38. The lowest BCUT2D eigenvalue weighted by atomic mass is 9.99. The summed E-state index contributed by atoms with van der Waals surface area (Å²) in [6, 6.07) is 9.94. The second-order valence-corrected chi connectivity index (χ2v) is 5.05. The van der Waals surface area contributed by atoms with Crippen molar-refractivity contribution >= 4 is 5.95 Å². The average Bonchev–Trinajstić information content (AvgIpc) is 2.97. The number of hydrogen-bond acceptors (Lipinski definition) is 4. The van der Waals surface area contributed by atoms with Gasteiger partial charge in [0.25, 0.3) is 0 Å². The first-order valence-corrected chi connectivity index (χ1v) is 7.42. The number of nitrogens with one attached hydrogen (secondary N) is 1. The number of tetrazole rings is 1. The van der Waals surface area contributed by atoms with Gasteiger partial charge in [0, 0.05) is 6.54 Å². The lowest BCUT2D eigenvalue weighted by molar-refractivity contribution is 0.471. The van der Waals surface area contributed by atoms with Crippen molar-refractivity contribution in [2.75, 3.05) is 11.9 Å². The average molecular weight is 273 g/mol. The summed E-state index contributed by atoms with van der Waals surface area (Å²) in [6.07, 6.45) is 4.97. The maximum Gasteiger partial charge on any atom is 0.247 e. The van der Waals surface area contributed by atoms with E-state index in [9.17, 15) is 0 Å². The fraction of sp³-hybridized carbons (Fsp3) is 0.533. The molecule has 0 bridgehead atoms. The van der Waals surface area contributed by atoms with E-state index < -0.39 is 0 Å². The van der Waals surface area contributed by atoms with Crippen molar-refractivity contribution in [3.05, 3.63) is 30.3 Å². The molecule has 0 radical (unpaired) electrons. The molecular formula is C15H23N5. The van der Waals surface area contributed by atoms with E-state index in [1.54, 1.807) is 4.68 Å². The minimum absolute atomic E-state index is 0.677. The molecule has 0 aliphatic rings. The molecule has 2 aromatic rings. The zero-order chi connectivity index (χ0) is 14.2. The van der Waals surface area contributed by atoms with Crippen LogP contribution in [0.15, 0.2) is 30.3 Å². The van der Waals surface area contributed by atoms with Gasteiger partial charge in [-0.25, -0.2) is 0 Å². The van der Waals surface area contributed by atoms with E-state index in [0.29, 0.717) is 11.9 Å². The lowest BCUT2D eigenvalue weighted by Crippen LogP contribution is -2.16. The number of para-hydroxylation sites is 1. The highest BCUT2D eigenvalue weighted by Crippen LogP contribution is 2.15. The van der Waals surface area contributed by atoms with Crippen LogP contribution in [0, 0.1) is 5.92 Å². The summed E-state index contributed by atoms with van der Waals surface area (Å²) >= 11 is 0. The summed E-state index contributed by atoms with van der Waals surface area (Å²) in [5.74, 6) is 1.39. The van der Waals surface area contributed by atoms with Crippen LogP contribution in [0.2, 0.25) is 0 Å². The van der Waals surface area contributed by atoms with Gasteiger partial charge in [-0.05, 0) is 34.9 Å². The van der Waals surface area contributed by atoms with Gasteiger partial charge in [0.2, 0.25) is 5.95 Å². The van der Waals surface area contributed by atoms with Gasteiger partial charge in [0.1, 0.15) is 0 Å². The van der Waals surface area contributed by atoms with E-state index in [2.05, 4.69) is 34.7 Å². The molecule has 0 aliphatic carbocycles. The first-order valence-electron chi connectivity index (χ1n) is 7.42. The van der Waals surface area contributed by atoms with Gasteiger partial charge >= 0.3 is 0 Å². The van der Waals surface area contributed by atoms with Crippen LogP contribution in [-0.4, -0.2) is 26.8 Å². The van der Waals surface area contributed by atoms with Crippen LogP contribution >= 0.6 is 0 Å². The Labute approximate surface area is 120 Å². The highest BCUT2D eigenvalue weighted by atomic mass is 15.6. The number of hydrogen-bond donors (Lipinski definition) is 1. The summed E-state index contributed by atoms with van der Waals surface area (Å²) in [7, 11) is 0. The Morgan fingerprint density at radius 3 is 2.70 bits per heavy atom. The normalized spacial score (nSPS) is 12.3. The minimum atomic E-state index is 0.677. The minimum Gasteiger partial charge on any atom is -0.352 e. The molecule has 5 nitrogen and oxygen atoms in total. The largest absolute Gasteiger partial charge is 0.352 e. The van der Waals surface area contributed by atoms with Gasteiger partial charge in [-0.2, -0.15) is 4.68 Å². The topological polar surface area (TPSA) is 55.6 Å². The number of unbranched alkanes of at least 4 members (excludes halogenated alkanes) is 1. The smallest absolute Gasteiger partial charge is 0.247 e. The van der Waals surface area contributed by atoms with Crippen molar-refractivity contribution in [3.8, 4) is 5.69 Å². The third-order valence-corrected chi connectivity index (χ3v) is 3.56. The summed E-state index contributed by atoms with van der Waals surface area (Å²) in [5, 5.41) is 15.3. The van der Waals surface area contributed by atoms with Gasteiger partial charge in [-0.3, -0.25) is 0 Å². The number of nitrogens with zero attached hydrogens (tertiary/aromatic N) is 4. The zero-order valence-corrected chi connectivity index (χ0v) is 12.3. The van der Waals surface area contributed by atoms with Crippen molar-refractivity contribution in [1.29, 1.82) is 0 Å². The third-order valence-electron chi connectivity index (χ3n) is 3.56. The Kier molecular flexibility index (Phi) is 5.53. The van der Waals surface area contributed by atoms with Gasteiger partial charge in [-0.1, -0.05) is 56.4 Å². The molecule has 0 fully saturated rings. The molecule has 0 amide bonds. The molecule has 108 valence electrons. The molecule has 1 atom stereocenters. The van der Waals surface area contributed by atoms with Crippen LogP contribution in [0.5, 0.6) is 0 Å². The third kappa shape index (κ3) is 3.79. The summed E-state index contributed by atoms with van der Waals surface area (Å²) in [5.41, 5.74) is 0.974. The molecule has 1 aromatic carbocycles. The molecule has 2 rings (SSSR count). The fourth-order valence-corrected chi connectivity index (χ4v) is 2.22. The van der Waals surface area contributed by atoms with Crippen LogP contribution in [0.1, 0.15) is 39.5 Å². The Morgan fingerprint density at radius 2 is 2.00 bits per heavy atom. The van der Waals surface area contributed by atoms with Crippen molar-refractivity contribution in [1.82, 2.24) is 20.2 Å². The molecule has 1 aromatic heterocycles. The number of rotatable bonds is 8. The quantitative estimate of drug-likeness (QED) is 0.802. The Hall–Kier alpha value is -1.91. The first kappa shape index (κ1) is 14.5. The Bertz CT molecular complexity index is 494. The van der Waals surface area contributed by atoms with Crippen molar-refractivity contribution < 1.29 is 0 Å². The van der Waals surface area contributed by atoms with Crippen LogP contribution < -0.4 is 5.32 Å². The Morgan fingerprint density at radius 1 is 1.20 bits per heavy atom. The van der Waals surface area contributed by atoms with Crippen LogP contribution in [0.4, 0.5) is 5.95 Å². The van der Waals surface area contributed by atoms with Crippen LogP contribution in [-0.2, 0) is 0 Å². The van der Waals surface area contributed by atoms with Gasteiger partial charge in [-0.15, -0.1) is 0 Å². The summed E-state index contributed by atoms with van der Waals surface area (Å²) in [4.78, 5) is 0. The molecule has 1 N–H and O–H groups in total. The fourth-order valence-electron chi connectivity index (χ4n) is 2.22. The number of aromatic nitrogens is 4. The van der Waals surface area contributed by atoms with E-state index in [1.165, 1.54) is 25.7 Å². The van der Waals surface area contributed by atoms with E-state index in [-0.39, 0.29) is 0 Å². The van der Waals surface area contributed by atoms with Gasteiger partial charge in [0.05, 0.1) is 5.69 Å². The van der Waals surface area contributed by atoms with E-state index in [0.717, 1.165) is 12.2 Å². The van der Waals surface area contributed by atoms with Crippen molar-refractivity contribution in [3.63, 3.8) is 0 Å². The SMILES string of the molecule is CCCCC(CC)CNc1nnnn1-c1ccccc1. The van der Waals surface area contributed by atoms with E-state index in [4.69, 9.17) is 0 Å². The highest BCUT2D eigenvalue weighted by Gasteiger charge is 2.10. The molecule has 0 aliphatic heterocycles. The molecule has 0 saturated carbocycles. The number of benzene rings is 1. The molecular weight excluding hydrogens is 250 g/mol. The van der Waals surface area contributed by atoms with Crippen LogP contribution in [0.25, 0.3) is 5.69 Å². The van der Waals surface area contributed by atoms with Crippen molar-refractivity contribution in [2.45, 2.75) is 39.5 Å². The summed E-state index contributed by atoms with van der Waals surface area (Å²) in [6.45, 7) is 5.39. The monoisotopic (exact) mass is 273 g/mol. The first-order chi connectivity index (χ1) is 9.85. The van der Waals surface area contributed by atoms with E-state index >= 15 is 0 Å². The van der Waals surface area contributed by atoms with Crippen LogP contribution in [0.3, 0.4) is 0 Å². The molecule has 5 heteroatoms. The molecule has 0 saturated heterocycles. The number of anilines is 1. The molecule has 20 heavy (non-hydrogen) atoms. The molecule has 0 spiro atoms. The predicted molar refractivity (Wildman–Crippen MR) is 80.9 cm³/mol. The van der Waals surface area contributed by atoms with Gasteiger partial charge in [0.15, 0.2) is 0 Å². The van der Waals surface area contributed by atoms with Crippen molar-refractivity contribution in [2.24, 2.45) is 5.92 Å². The Balaban J connectivity index is 1.99. The standard InChI is InChI=1S/C15H23N5/c1-3-5-9-13(4-2)12-16-15-17-18-19-20(15)14-10-7-6-8-11-14/h6-8,10-11,13H,3-5,9,12H2,1-2H3,(H,16,17,19). The summed E-state index contributed by atoms with van der Waals surface area (Å²) < 4.78 is 1.74. The van der Waals surface area contributed by atoms with Gasteiger partial charge < -0.3 is 5.32 Å². The molecule has 1 unspecified atom stereocenters.